The molecule has 8 nitrogen and oxygen atoms in total. The lowest BCUT2D eigenvalue weighted by Crippen LogP contribution is -1.96. The number of hydrogen-bond acceptors (Lipinski definition) is 6. The topological polar surface area (TPSA) is 108 Å². The van der Waals surface area contributed by atoms with Crippen molar-refractivity contribution >= 4 is 27.3 Å². The molecule has 1 aromatic heterocycles. The van der Waals surface area contributed by atoms with Crippen LogP contribution in [0, 0.1) is 20.2 Å². The maximum absolute atomic E-state index is 10.9. The first kappa shape index (κ1) is 13.9. The summed E-state index contributed by atoms with van der Waals surface area (Å²) in [6.45, 7) is 0. The second kappa shape index (κ2) is 5.61. The average Bonchev–Trinajstić information content (AvgIpc) is 2.41. The maximum Gasteiger partial charge on any atom is 0.332 e. The fourth-order valence-corrected chi connectivity index (χ4v) is 1.69. The number of nitro benzene ring substituents is 1. The highest BCUT2D eigenvalue weighted by Crippen LogP contribution is 2.31. The van der Waals surface area contributed by atoms with Crippen LogP contribution in [0.25, 0.3) is 0 Å². The lowest BCUT2D eigenvalue weighted by atomic mass is 10.3. The summed E-state index contributed by atoms with van der Waals surface area (Å²) in [5.74, 6) is 0.0283. The van der Waals surface area contributed by atoms with Gasteiger partial charge >= 0.3 is 5.69 Å². The molecule has 0 aliphatic heterocycles. The van der Waals surface area contributed by atoms with Crippen LogP contribution in [0.15, 0.2) is 41.0 Å². The highest BCUT2D eigenvalue weighted by atomic mass is 79.9. The van der Waals surface area contributed by atoms with Gasteiger partial charge in [0.05, 0.1) is 9.85 Å². The molecule has 0 spiro atoms. The SMILES string of the molecule is O=[N+]([O-])c1ccc(Oc2ncc(Br)cc2[N+](=O)[O-])cc1. The molecule has 0 saturated heterocycles. The van der Waals surface area contributed by atoms with E-state index in [1.54, 1.807) is 0 Å². The van der Waals surface area contributed by atoms with E-state index in [1.807, 2.05) is 0 Å². The van der Waals surface area contributed by atoms with Crippen molar-refractivity contribution in [3.63, 3.8) is 0 Å². The van der Waals surface area contributed by atoms with Crippen LogP contribution >= 0.6 is 15.9 Å². The zero-order valence-electron chi connectivity index (χ0n) is 9.72. The van der Waals surface area contributed by atoms with Gasteiger partial charge in [0.25, 0.3) is 11.6 Å². The molecule has 0 atom stereocenters. The molecule has 2 rings (SSSR count). The normalized spacial score (nSPS) is 10.1. The van der Waals surface area contributed by atoms with Crippen LogP contribution in [0.1, 0.15) is 0 Å². The van der Waals surface area contributed by atoms with Crippen molar-refractivity contribution < 1.29 is 14.6 Å². The van der Waals surface area contributed by atoms with Gasteiger partial charge in [0.15, 0.2) is 0 Å². The van der Waals surface area contributed by atoms with Crippen molar-refractivity contribution in [1.29, 1.82) is 0 Å². The van der Waals surface area contributed by atoms with Gasteiger partial charge in [-0.25, -0.2) is 4.98 Å². The Morgan fingerprint density at radius 2 is 1.75 bits per heavy atom. The van der Waals surface area contributed by atoms with Gasteiger partial charge in [-0.2, -0.15) is 0 Å². The molecule has 1 aromatic carbocycles. The first-order valence-corrected chi connectivity index (χ1v) is 5.99. The van der Waals surface area contributed by atoms with E-state index in [0.29, 0.717) is 4.47 Å². The van der Waals surface area contributed by atoms with E-state index in [2.05, 4.69) is 20.9 Å². The van der Waals surface area contributed by atoms with Crippen LogP contribution < -0.4 is 4.74 Å². The number of non-ortho nitro benzene ring substituents is 1. The fourth-order valence-electron chi connectivity index (χ4n) is 1.37. The molecule has 0 aliphatic carbocycles. The first-order valence-electron chi connectivity index (χ1n) is 5.19. The zero-order valence-corrected chi connectivity index (χ0v) is 11.3. The van der Waals surface area contributed by atoms with E-state index in [9.17, 15) is 20.2 Å². The molecule has 0 fully saturated rings. The summed E-state index contributed by atoms with van der Waals surface area (Å²) in [5.41, 5.74) is -0.409. The molecule has 102 valence electrons. The van der Waals surface area contributed by atoms with Crippen LogP contribution in [-0.4, -0.2) is 14.8 Å². The van der Waals surface area contributed by atoms with Crippen molar-refractivity contribution in [1.82, 2.24) is 4.98 Å². The maximum atomic E-state index is 10.9. The molecule has 0 saturated carbocycles. The summed E-state index contributed by atoms with van der Waals surface area (Å²) in [5, 5.41) is 21.4. The minimum Gasteiger partial charge on any atom is -0.434 e. The van der Waals surface area contributed by atoms with Gasteiger partial charge in [0.1, 0.15) is 5.75 Å². The largest absolute Gasteiger partial charge is 0.434 e. The number of nitro groups is 2. The summed E-state index contributed by atoms with van der Waals surface area (Å²) in [6, 6.07) is 6.41. The zero-order chi connectivity index (χ0) is 14.7. The minimum atomic E-state index is -0.627. The Labute approximate surface area is 120 Å². The Hall–Kier alpha value is -2.55. The van der Waals surface area contributed by atoms with Crippen LogP contribution in [-0.2, 0) is 0 Å². The molecule has 9 heteroatoms. The minimum absolute atomic E-state index is 0.101. The van der Waals surface area contributed by atoms with Crippen molar-refractivity contribution in [2.24, 2.45) is 0 Å². The summed E-state index contributed by atoms with van der Waals surface area (Å²) in [4.78, 5) is 24.0. The number of rotatable bonds is 4. The smallest absolute Gasteiger partial charge is 0.332 e. The number of aromatic nitrogens is 1. The molecule has 20 heavy (non-hydrogen) atoms. The fraction of sp³-hybridized carbons (Fsp3) is 0. The second-order valence-corrected chi connectivity index (χ2v) is 4.50. The van der Waals surface area contributed by atoms with E-state index < -0.39 is 9.85 Å². The number of pyridine rings is 1. The predicted octanol–water partition coefficient (Wildman–Crippen LogP) is 3.45. The van der Waals surface area contributed by atoms with E-state index in [-0.39, 0.29) is 23.0 Å². The molecule has 0 unspecified atom stereocenters. The van der Waals surface area contributed by atoms with Crippen LogP contribution in [0.2, 0.25) is 0 Å². The molecule has 0 bridgehead atoms. The number of nitrogens with zero attached hydrogens (tertiary/aromatic N) is 3. The Kier molecular flexibility index (Phi) is 3.89. The van der Waals surface area contributed by atoms with Gasteiger partial charge < -0.3 is 4.74 Å². The summed E-state index contributed by atoms with van der Waals surface area (Å²) < 4.78 is 5.71. The van der Waals surface area contributed by atoms with Crippen molar-refractivity contribution in [3.05, 3.63) is 61.2 Å². The van der Waals surface area contributed by atoms with Gasteiger partial charge in [-0.3, -0.25) is 20.2 Å². The van der Waals surface area contributed by atoms with Crippen LogP contribution in [0.4, 0.5) is 11.4 Å². The monoisotopic (exact) mass is 339 g/mol. The van der Waals surface area contributed by atoms with E-state index in [1.165, 1.54) is 36.5 Å². The third-order valence-electron chi connectivity index (χ3n) is 2.26. The van der Waals surface area contributed by atoms with Gasteiger partial charge in [0, 0.05) is 28.9 Å². The van der Waals surface area contributed by atoms with E-state index in [4.69, 9.17) is 4.74 Å². The molecule has 0 radical (unpaired) electrons. The van der Waals surface area contributed by atoms with E-state index in [0.717, 1.165) is 0 Å². The highest BCUT2D eigenvalue weighted by Gasteiger charge is 2.18. The van der Waals surface area contributed by atoms with Gasteiger partial charge in [-0.15, -0.1) is 0 Å². The van der Waals surface area contributed by atoms with Crippen molar-refractivity contribution in [2.75, 3.05) is 0 Å². The quantitative estimate of drug-likeness (QED) is 0.623. The third kappa shape index (κ3) is 3.06. The standard InChI is InChI=1S/C11H6BrN3O5/c12-7-5-10(15(18)19)11(13-6-7)20-9-3-1-8(2-4-9)14(16)17/h1-6H. The summed E-state index contributed by atoms with van der Waals surface area (Å²) in [6.07, 6.45) is 1.35. The molecule has 0 N–H and O–H groups in total. The van der Waals surface area contributed by atoms with Gasteiger partial charge in [-0.1, -0.05) is 0 Å². The van der Waals surface area contributed by atoms with Crippen molar-refractivity contribution in [2.45, 2.75) is 0 Å². The number of hydrogen-bond donors (Lipinski definition) is 0. The lowest BCUT2D eigenvalue weighted by molar-refractivity contribution is -0.386. The first-order chi connectivity index (χ1) is 9.47. The van der Waals surface area contributed by atoms with Crippen LogP contribution in [0.5, 0.6) is 11.6 Å². The molecule has 0 aliphatic rings. The Bertz CT molecular complexity index is 674. The number of ether oxygens (including phenoxy) is 1. The molecular formula is C11H6BrN3O5. The Morgan fingerprint density at radius 1 is 1.10 bits per heavy atom. The summed E-state index contributed by atoms with van der Waals surface area (Å²) in [7, 11) is 0. The molecule has 1 heterocycles. The predicted molar refractivity (Wildman–Crippen MR) is 71.8 cm³/mol. The van der Waals surface area contributed by atoms with Gasteiger partial charge in [-0.05, 0) is 28.1 Å². The molecular weight excluding hydrogens is 334 g/mol. The molecule has 2 aromatic rings. The molecule has 0 amide bonds. The van der Waals surface area contributed by atoms with Gasteiger partial charge in [0.2, 0.25) is 0 Å². The Balaban J connectivity index is 2.30. The summed E-state index contributed by atoms with van der Waals surface area (Å²) >= 11 is 3.08. The highest BCUT2D eigenvalue weighted by molar-refractivity contribution is 9.10. The number of benzene rings is 1. The van der Waals surface area contributed by atoms with Crippen LogP contribution in [0.3, 0.4) is 0 Å². The Morgan fingerprint density at radius 3 is 2.30 bits per heavy atom. The lowest BCUT2D eigenvalue weighted by Gasteiger charge is -2.05. The van der Waals surface area contributed by atoms with E-state index >= 15 is 0 Å². The third-order valence-corrected chi connectivity index (χ3v) is 2.69. The van der Waals surface area contributed by atoms with Crippen molar-refractivity contribution in [3.8, 4) is 11.6 Å². The second-order valence-electron chi connectivity index (χ2n) is 3.59. The average molecular weight is 340 g/mol. The number of halogens is 1.